The first-order valence-corrected chi connectivity index (χ1v) is 5.24. The van der Waals surface area contributed by atoms with Gasteiger partial charge < -0.3 is 20.6 Å². The van der Waals surface area contributed by atoms with Crippen molar-refractivity contribution in [2.24, 2.45) is 5.73 Å². The highest BCUT2D eigenvalue weighted by atomic mass is 16.2. The number of aromatic nitrogens is 2. The average molecular weight is 234 g/mol. The van der Waals surface area contributed by atoms with E-state index in [0.29, 0.717) is 16.7 Å². The number of H-pyrrole nitrogens is 2. The van der Waals surface area contributed by atoms with Crippen LogP contribution in [0.3, 0.4) is 0 Å². The zero-order valence-electron chi connectivity index (χ0n) is 9.65. The topological polar surface area (TPSA) is 95.0 Å². The number of nitrogens with one attached hydrogen (secondary N) is 2. The zero-order chi connectivity index (χ0) is 12.6. The molecule has 6 nitrogen and oxygen atoms in total. The molecule has 90 valence electrons. The lowest BCUT2D eigenvalue weighted by Gasteiger charge is -2.19. The lowest BCUT2D eigenvalue weighted by atomic mass is 10.2. The normalized spacial score (nSPS) is 12.6. The summed E-state index contributed by atoms with van der Waals surface area (Å²) in [6.45, 7) is 1.63. The summed E-state index contributed by atoms with van der Waals surface area (Å²) in [5.41, 5.74) is 7.33. The Hall–Kier alpha value is -2.08. The van der Waals surface area contributed by atoms with Crippen LogP contribution in [0.25, 0.3) is 11.0 Å². The lowest BCUT2D eigenvalue weighted by Crippen LogP contribution is -2.39. The van der Waals surface area contributed by atoms with Gasteiger partial charge in [-0.15, -0.1) is 0 Å². The predicted molar refractivity (Wildman–Crippen MR) is 66.0 cm³/mol. The number of nitrogens with zero attached hydrogens (tertiary/aromatic N) is 1. The number of carbonyl (C=O) groups is 1. The first-order valence-electron chi connectivity index (χ1n) is 5.24. The smallest absolute Gasteiger partial charge is 0.320 e. The van der Waals surface area contributed by atoms with E-state index in [1.165, 1.54) is 4.90 Å². The maximum Gasteiger partial charge on any atom is 0.323 e. The monoisotopic (exact) mass is 234 g/mol. The van der Waals surface area contributed by atoms with E-state index < -0.39 is 6.04 Å². The summed E-state index contributed by atoms with van der Waals surface area (Å²) in [5.74, 6) is -0.178. The van der Waals surface area contributed by atoms with Gasteiger partial charge in [0.15, 0.2) is 0 Å². The van der Waals surface area contributed by atoms with Gasteiger partial charge in [0.1, 0.15) is 0 Å². The minimum Gasteiger partial charge on any atom is -0.320 e. The lowest BCUT2D eigenvalue weighted by molar-refractivity contribution is -0.119. The van der Waals surface area contributed by atoms with E-state index in [1.807, 2.05) is 0 Å². The molecule has 0 saturated heterocycles. The fourth-order valence-corrected chi connectivity index (χ4v) is 1.66. The van der Waals surface area contributed by atoms with E-state index in [0.717, 1.165) is 0 Å². The number of hydrogen-bond acceptors (Lipinski definition) is 3. The third-order valence-electron chi connectivity index (χ3n) is 2.61. The molecular formula is C11H14N4O2. The van der Waals surface area contributed by atoms with E-state index in [2.05, 4.69) is 9.97 Å². The number of carbonyl (C=O) groups excluding carboxylic acids is 1. The highest BCUT2D eigenvalue weighted by Crippen LogP contribution is 2.18. The van der Waals surface area contributed by atoms with Crippen molar-refractivity contribution in [1.29, 1.82) is 0 Å². The van der Waals surface area contributed by atoms with Crippen molar-refractivity contribution in [2.45, 2.75) is 13.0 Å². The Balaban J connectivity index is 2.42. The Kier molecular flexibility index (Phi) is 2.72. The van der Waals surface area contributed by atoms with Crippen LogP contribution >= 0.6 is 0 Å². The van der Waals surface area contributed by atoms with Crippen LogP contribution in [0.4, 0.5) is 5.69 Å². The molecule has 0 aliphatic carbocycles. The quantitative estimate of drug-likeness (QED) is 0.691. The van der Waals surface area contributed by atoms with Crippen molar-refractivity contribution < 1.29 is 4.79 Å². The van der Waals surface area contributed by atoms with Gasteiger partial charge in [0.05, 0.1) is 17.1 Å². The van der Waals surface area contributed by atoms with Gasteiger partial charge >= 0.3 is 5.69 Å². The number of nitrogens with two attached hydrogens (primary N) is 1. The van der Waals surface area contributed by atoms with Gasteiger partial charge in [0.25, 0.3) is 0 Å². The summed E-state index contributed by atoms with van der Waals surface area (Å²) in [5, 5.41) is 0. The molecule has 1 atom stereocenters. The first-order chi connectivity index (χ1) is 7.99. The van der Waals surface area contributed by atoms with Crippen molar-refractivity contribution in [2.75, 3.05) is 11.9 Å². The van der Waals surface area contributed by atoms with E-state index in [-0.39, 0.29) is 11.6 Å². The van der Waals surface area contributed by atoms with E-state index in [1.54, 1.807) is 32.2 Å². The molecule has 0 aliphatic rings. The first kappa shape index (κ1) is 11.4. The van der Waals surface area contributed by atoms with Crippen molar-refractivity contribution in [3.8, 4) is 0 Å². The number of anilines is 1. The molecule has 2 aromatic rings. The summed E-state index contributed by atoms with van der Waals surface area (Å²) >= 11 is 0. The third kappa shape index (κ3) is 2.07. The van der Waals surface area contributed by atoms with E-state index in [9.17, 15) is 9.59 Å². The minimum atomic E-state index is -0.555. The molecule has 0 bridgehead atoms. The second-order valence-corrected chi connectivity index (χ2v) is 3.99. The number of rotatable bonds is 2. The number of amides is 1. The largest absolute Gasteiger partial charge is 0.323 e. The van der Waals surface area contributed by atoms with Gasteiger partial charge in [-0.3, -0.25) is 4.79 Å². The standard InChI is InChI=1S/C11H14N4O2/c1-6(12)10(16)15(2)7-3-4-8-9(5-7)14-11(17)13-8/h3-6H,12H2,1-2H3,(H2,13,14,17). The molecule has 0 saturated carbocycles. The maximum absolute atomic E-state index is 11.7. The Bertz CT molecular complexity index is 611. The highest BCUT2D eigenvalue weighted by molar-refractivity contribution is 5.97. The summed E-state index contributed by atoms with van der Waals surface area (Å²) < 4.78 is 0. The maximum atomic E-state index is 11.7. The molecule has 1 aromatic heterocycles. The summed E-state index contributed by atoms with van der Waals surface area (Å²) in [6, 6.07) is 4.67. The van der Waals surface area contributed by atoms with E-state index in [4.69, 9.17) is 5.73 Å². The molecule has 1 unspecified atom stereocenters. The molecule has 4 N–H and O–H groups in total. The van der Waals surface area contributed by atoms with Crippen LogP contribution in [-0.2, 0) is 4.79 Å². The van der Waals surface area contributed by atoms with E-state index >= 15 is 0 Å². The SMILES string of the molecule is CC(N)C(=O)N(C)c1ccc2[nH]c(=O)[nH]c2c1. The van der Waals surface area contributed by atoms with Gasteiger partial charge in [-0.2, -0.15) is 0 Å². The molecule has 17 heavy (non-hydrogen) atoms. The van der Waals surface area contributed by atoms with Crippen LogP contribution in [-0.4, -0.2) is 29.0 Å². The second-order valence-electron chi connectivity index (χ2n) is 3.99. The van der Waals surface area contributed by atoms with Crippen molar-refractivity contribution in [3.63, 3.8) is 0 Å². The summed E-state index contributed by atoms with van der Waals surface area (Å²) in [7, 11) is 1.65. The zero-order valence-corrected chi connectivity index (χ0v) is 9.65. The number of aromatic amines is 2. The number of likely N-dealkylation sites (N-methyl/N-ethyl adjacent to an activating group) is 1. The molecule has 2 rings (SSSR count). The Morgan fingerprint density at radius 2 is 2.00 bits per heavy atom. The Morgan fingerprint density at radius 1 is 1.35 bits per heavy atom. The molecule has 1 heterocycles. The van der Waals surface area contributed by atoms with Crippen LogP contribution in [0.15, 0.2) is 23.0 Å². The molecule has 0 spiro atoms. The number of fused-ring (bicyclic) bond motifs is 1. The van der Waals surface area contributed by atoms with Crippen molar-refractivity contribution >= 4 is 22.6 Å². The fraction of sp³-hybridized carbons (Fsp3) is 0.273. The minimum absolute atomic E-state index is 0.178. The Morgan fingerprint density at radius 3 is 2.65 bits per heavy atom. The summed E-state index contributed by atoms with van der Waals surface area (Å²) in [4.78, 5) is 29.6. The van der Waals surface area contributed by atoms with Crippen LogP contribution in [0.5, 0.6) is 0 Å². The average Bonchev–Trinajstić information content (AvgIpc) is 2.65. The molecular weight excluding hydrogens is 220 g/mol. The van der Waals surface area contributed by atoms with Crippen LogP contribution in [0.2, 0.25) is 0 Å². The third-order valence-corrected chi connectivity index (χ3v) is 2.61. The number of hydrogen-bond donors (Lipinski definition) is 3. The number of benzene rings is 1. The Labute approximate surface area is 97.4 Å². The molecule has 0 fully saturated rings. The van der Waals surface area contributed by atoms with Gasteiger partial charge in [-0.25, -0.2) is 4.79 Å². The fourth-order valence-electron chi connectivity index (χ4n) is 1.66. The van der Waals surface area contributed by atoms with Gasteiger partial charge in [-0.1, -0.05) is 0 Å². The van der Waals surface area contributed by atoms with Crippen LogP contribution < -0.4 is 16.3 Å². The van der Waals surface area contributed by atoms with Gasteiger partial charge in [-0.05, 0) is 25.1 Å². The molecule has 1 aromatic carbocycles. The predicted octanol–water partition coefficient (Wildman–Crippen LogP) is 0.166. The number of imidazole rings is 1. The second kappa shape index (κ2) is 4.06. The van der Waals surface area contributed by atoms with Crippen molar-refractivity contribution in [3.05, 3.63) is 28.7 Å². The van der Waals surface area contributed by atoms with Crippen molar-refractivity contribution in [1.82, 2.24) is 9.97 Å². The molecule has 0 aliphatic heterocycles. The van der Waals surface area contributed by atoms with Gasteiger partial charge in [0, 0.05) is 12.7 Å². The molecule has 0 radical (unpaired) electrons. The molecule has 6 heteroatoms. The van der Waals surface area contributed by atoms with Gasteiger partial charge in [0.2, 0.25) is 5.91 Å². The molecule has 1 amide bonds. The van der Waals surface area contributed by atoms with Crippen LogP contribution in [0.1, 0.15) is 6.92 Å². The van der Waals surface area contributed by atoms with Crippen LogP contribution in [0, 0.1) is 0 Å². The highest BCUT2D eigenvalue weighted by Gasteiger charge is 2.15. The summed E-state index contributed by atoms with van der Waals surface area (Å²) in [6.07, 6.45) is 0.